The highest BCUT2D eigenvalue weighted by atomic mass is 32.1. The average molecular weight is 178 g/mol. The first-order valence-corrected chi connectivity index (χ1v) is 4.48. The summed E-state index contributed by atoms with van der Waals surface area (Å²) in [7, 11) is 0. The summed E-state index contributed by atoms with van der Waals surface area (Å²) in [5.41, 5.74) is 5.23. The van der Waals surface area contributed by atoms with Crippen LogP contribution in [-0.2, 0) is 0 Å². The Kier molecular flexibility index (Phi) is 10.4. The second-order valence-electron chi connectivity index (χ2n) is 2.11. The van der Waals surface area contributed by atoms with E-state index in [2.05, 4.69) is 28.6 Å². The molecule has 0 aromatic carbocycles. The van der Waals surface area contributed by atoms with Gasteiger partial charge in [-0.3, -0.25) is 0 Å². The molecule has 0 radical (unpaired) electrons. The van der Waals surface area contributed by atoms with E-state index < -0.39 is 0 Å². The zero-order chi connectivity index (χ0) is 8.36. The largest absolute Gasteiger partial charge is 0.318 e. The van der Waals surface area contributed by atoms with E-state index in [-0.39, 0.29) is 0 Å². The Hall–Kier alpha value is 0.190. The van der Waals surface area contributed by atoms with Gasteiger partial charge in [0.05, 0.1) is 0 Å². The van der Waals surface area contributed by atoms with Crippen LogP contribution in [0.5, 0.6) is 0 Å². The van der Waals surface area contributed by atoms with Gasteiger partial charge in [-0.05, 0) is 0 Å². The van der Waals surface area contributed by atoms with Gasteiger partial charge in [-0.15, -0.1) is 0 Å². The summed E-state index contributed by atoms with van der Waals surface area (Å²) in [5, 5.41) is 9.36. The zero-order valence-corrected chi connectivity index (χ0v) is 7.66. The van der Waals surface area contributed by atoms with Crippen molar-refractivity contribution in [1.29, 1.82) is 0 Å². The summed E-state index contributed by atoms with van der Waals surface area (Å²) in [4.78, 5) is 0. The predicted molar refractivity (Wildman–Crippen MR) is 51.8 cm³/mol. The van der Waals surface area contributed by atoms with Gasteiger partial charge in [-0.25, -0.2) is 0 Å². The fourth-order valence-electron chi connectivity index (χ4n) is 0.660. The first-order valence-electron chi connectivity index (χ1n) is 3.85. The number of thiol groups is 1. The quantitative estimate of drug-likeness (QED) is 0.179. The van der Waals surface area contributed by atoms with Crippen LogP contribution in [0.3, 0.4) is 0 Å². The standard InChI is InChI=1S/C6H18N4S/c7-5-9-3-1-8-2-4-10-6-11/h8-11H,1-7H2. The van der Waals surface area contributed by atoms with Crippen molar-refractivity contribution in [3.63, 3.8) is 0 Å². The normalized spacial score (nSPS) is 10.4. The van der Waals surface area contributed by atoms with Gasteiger partial charge < -0.3 is 21.7 Å². The highest BCUT2D eigenvalue weighted by Gasteiger charge is 1.85. The molecule has 0 aromatic rings. The van der Waals surface area contributed by atoms with Crippen LogP contribution in [0.15, 0.2) is 0 Å². The van der Waals surface area contributed by atoms with E-state index in [1.54, 1.807) is 0 Å². The average Bonchev–Trinajstić information content (AvgIpc) is 2.03. The minimum Gasteiger partial charge on any atom is -0.318 e. The van der Waals surface area contributed by atoms with Crippen molar-refractivity contribution in [2.75, 3.05) is 38.7 Å². The lowest BCUT2D eigenvalue weighted by Gasteiger charge is -2.04. The highest BCUT2D eigenvalue weighted by molar-refractivity contribution is 7.80. The molecule has 0 heterocycles. The molecule has 0 amide bonds. The Morgan fingerprint density at radius 1 is 0.909 bits per heavy atom. The molecule has 0 bridgehead atoms. The van der Waals surface area contributed by atoms with E-state index in [0.717, 1.165) is 32.1 Å². The van der Waals surface area contributed by atoms with Crippen LogP contribution < -0.4 is 21.7 Å². The van der Waals surface area contributed by atoms with Crippen LogP contribution in [0, 0.1) is 0 Å². The van der Waals surface area contributed by atoms with Crippen molar-refractivity contribution in [1.82, 2.24) is 16.0 Å². The second kappa shape index (κ2) is 10.2. The first-order chi connectivity index (χ1) is 5.41. The predicted octanol–water partition coefficient (Wildman–Crippen LogP) is -1.44. The molecule has 0 atom stereocenters. The summed E-state index contributed by atoms with van der Waals surface area (Å²) in [6.45, 7) is 4.39. The zero-order valence-electron chi connectivity index (χ0n) is 6.77. The fourth-order valence-corrected chi connectivity index (χ4v) is 0.818. The van der Waals surface area contributed by atoms with Crippen molar-refractivity contribution >= 4 is 12.6 Å². The molecule has 0 rings (SSSR count). The van der Waals surface area contributed by atoms with E-state index in [9.17, 15) is 0 Å². The van der Waals surface area contributed by atoms with E-state index in [0.29, 0.717) is 6.67 Å². The molecule has 5 heteroatoms. The van der Waals surface area contributed by atoms with Gasteiger partial charge in [-0.2, -0.15) is 12.6 Å². The molecule has 0 aliphatic heterocycles. The van der Waals surface area contributed by atoms with Crippen LogP contribution in [0.1, 0.15) is 0 Å². The minimum absolute atomic E-state index is 0.552. The van der Waals surface area contributed by atoms with Gasteiger partial charge >= 0.3 is 0 Å². The third-order valence-electron chi connectivity index (χ3n) is 1.21. The summed E-state index contributed by atoms with van der Waals surface area (Å²) < 4.78 is 0. The first kappa shape index (κ1) is 11.2. The van der Waals surface area contributed by atoms with Gasteiger partial charge in [0, 0.05) is 38.7 Å². The number of hydrogen-bond donors (Lipinski definition) is 5. The molecular weight excluding hydrogens is 160 g/mol. The number of nitrogens with two attached hydrogens (primary N) is 1. The lowest BCUT2D eigenvalue weighted by molar-refractivity contribution is 0.602. The molecule has 0 aliphatic carbocycles. The van der Waals surface area contributed by atoms with E-state index in [1.807, 2.05) is 0 Å². The fraction of sp³-hybridized carbons (Fsp3) is 1.00. The van der Waals surface area contributed by atoms with Gasteiger partial charge in [0.15, 0.2) is 0 Å². The third-order valence-corrected chi connectivity index (χ3v) is 1.44. The molecule has 5 N–H and O–H groups in total. The molecule has 0 aliphatic rings. The Bertz CT molecular complexity index is 63.6. The number of hydrogen-bond acceptors (Lipinski definition) is 5. The van der Waals surface area contributed by atoms with Gasteiger partial charge in [0.1, 0.15) is 0 Å². The molecule has 0 aromatic heterocycles. The Morgan fingerprint density at radius 3 is 2.00 bits per heavy atom. The van der Waals surface area contributed by atoms with Crippen molar-refractivity contribution < 1.29 is 0 Å². The lowest BCUT2D eigenvalue weighted by atomic mass is 10.5. The second-order valence-corrected chi connectivity index (χ2v) is 2.43. The van der Waals surface area contributed by atoms with Gasteiger partial charge in [-0.1, -0.05) is 0 Å². The molecule has 11 heavy (non-hydrogen) atoms. The third kappa shape index (κ3) is 10.2. The van der Waals surface area contributed by atoms with E-state index in [4.69, 9.17) is 5.73 Å². The summed E-state index contributed by atoms with van der Waals surface area (Å²) in [6, 6.07) is 0. The molecule has 0 spiro atoms. The molecule has 0 saturated carbocycles. The maximum Gasteiger partial charge on any atom is 0.0429 e. The molecule has 0 saturated heterocycles. The van der Waals surface area contributed by atoms with E-state index in [1.165, 1.54) is 0 Å². The lowest BCUT2D eigenvalue weighted by Crippen LogP contribution is -2.34. The smallest absolute Gasteiger partial charge is 0.0429 e. The van der Waals surface area contributed by atoms with Crippen LogP contribution in [0.4, 0.5) is 0 Å². The SMILES string of the molecule is NCNCCNCCNCS. The summed E-state index contributed by atoms with van der Waals surface area (Å²) >= 11 is 4.01. The van der Waals surface area contributed by atoms with Crippen molar-refractivity contribution in [2.24, 2.45) is 5.73 Å². The maximum atomic E-state index is 5.23. The van der Waals surface area contributed by atoms with E-state index >= 15 is 0 Å². The number of nitrogens with one attached hydrogen (secondary N) is 3. The van der Waals surface area contributed by atoms with Gasteiger partial charge in [0.2, 0.25) is 0 Å². The van der Waals surface area contributed by atoms with Crippen LogP contribution in [-0.4, -0.2) is 38.7 Å². The molecule has 4 nitrogen and oxygen atoms in total. The summed E-state index contributed by atoms with van der Waals surface area (Å²) in [6.07, 6.45) is 0. The Balaban J connectivity index is 2.69. The van der Waals surface area contributed by atoms with Crippen molar-refractivity contribution in [3.05, 3.63) is 0 Å². The molecule has 0 unspecified atom stereocenters. The number of rotatable bonds is 8. The minimum atomic E-state index is 0.552. The van der Waals surface area contributed by atoms with Crippen molar-refractivity contribution in [2.45, 2.75) is 0 Å². The molecular formula is C6H18N4S. The highest BCUT2D eigenvalue weighted by Crippen LogP contribution is 1.63. The topological polar surface area (TPSA) is 62.1 Å². The monoisotopic (exact) mass is 178 g/mol. The van der Waals surface area contributed by atoms with Crippen LogP contribution >= 0.6 is 12.6 Å². The summed E-state index contributed by atoms with van der Waals surface area (Å²) in [5.74, 6) is 0.739. The Labute approximate surface area is 73.7 Å². The van der Waals surface area contributed by atoms with Gasteiger partial charge in [0.25, 0.3) is 0 Å². The van der Waals surface area contributed by atoms with Crippen LogP contribution in [0.2, 0.25) is 0 Å². The Morgan fingerprint density at radius 2 is 1.45 bits per heavy atom. The molecule has 0 fully saturated rings. The van der Waals surface area contributed by atoms with Crippen molar-refractivity contribution in [3.8, 4) is 0 Å². The van der Waals surface area contributed by atoms with Crippen LogP contribution in [0.25, 0.3) is 0 Å². The maximum absolute atomic E-state index is 5.23. The molecule has 68 valence electrons.